The summed E-state index contributed by atoms with van der Waals surface area (Å²) in [7, 11) is -3.55. The fourth-order valence-corrected chi connectivity index (χ4v) is 4.02. The van der Waals surface area contributed by atoms with Gasteiger partial charge in [-0.3, -0.25) is 9.69 Å². The predicted octanol–water partition coefficient (Wildman–Crippen LogP) is 1.39. The molecule has 1 aromatic carbocycles. The molecule has 1 N–H and O–H groups in total. The summed E-state index contributed by atoms with van der Waals surface area (Å²) < 4.78 is 27.2. The third-order valence-electron chi connectivity index (χ3n) is 3.11. The molecule has 0 atom stereocenters. The highest BCUT2D eigenvalue weighted by Crippen LogP contribution is 2.18. The van der Waals surface area contributed by atoms with Crippen LogP contribution in [0.25, 0.3) is 0 Å². The molecule has 1 fully saturated rings. The SMILES string of the molecule is CCc1ccc(S(=O)(=O)NCCN2C(=O)CSC2=S)cc1. The number of nitrogens with one attached hydrogen (secondary N) is 1. The maximum atomic E-state index is 12.1. The van der Waals surface area contributed by atoms with Crippen molar-refractivity contribution in [2.75, 3.05) is 18.8 Å². The van der Waals surface area contributed by atoms with Crippen molar-refractivity contribution in [3.63, 3.8) is 0 Å². The maximum absolute atomic E-state index is 12.1. The average molecular weight is 344 g/mol. The molecule has 1 aromatic rings. The number of carbonyl (C=O) groups excluding carboxylic acids is 1. The number of rotatable bonds is 6. The molecule has 1 amide bonds. The zero-order chi connectivity index (χ0) is 15.5. The second-order valence-corrected chi connectivity index (χ2v) is 7.87. The van der Waals surface area contributed by atoms with Gasteiger partial charge in [-0.15, -0.1) is 0 Å². The van der Waals surface area contributed by atoms with Crippen LogP contribution in [0, 0.1) is 0 Å². The Balaban J connectivity index is 1.94. The summed E-state index contributed by atoms with van der Waals surface area (Å²) in [6.07, 6.45) is 0.861. The van der Waals surface area contributed by atoms with Crippen molar-refractivity contribution in [3.8, 4) is 0 Å². The Kier molecular flexibility index (Phi) is 5.37. The Bertz CT molecular complexity index is 625. The van der Waals surface area contributed by atoms with Crippen molar-refractivity contribution in [3.05, 3.63) is 29.8 Å². The molecule has 0 bridgehead atoms. The molecule has 0 unspecified atom stereocenters. The number of benzene rings is 1. The van der Waals surface area contributed by atoms with E-state index in [4.69, 9.17) is 12.2 Å². The van der Waals surface area contributed by atoms with Crippen LogP contribution in [-0.4, -0.2) is 42.4 Å². The molecule has 0 aromatic heterocycles. The van der Waals surface area contributed by atoms with Crippen molar-refractivity contribution in [1.82, 2.24) is 9.62 Å². The molecule has 21 heavy (non-hydrogen) atoms. The van der Waals surface area contributed by atoms with Gasteiger partial charge >= 0.3 is 0 Å². The second kappa shape index (κ2) is 6.87. The van der Waals surface area contributed by atoms with Gasteiger partial charge < -0.3 is 0 Å². The van der Waals surface area contributed by atoms with Crippen LogP contribution >= 0.6 is 24.0 Å². The van der Waals surface area contributed by atoms with E-state index in [2.05, 4.69) is 4.72 Å². The average Bonchev–Trinajstić information content (AvgIpc) is 2.79. The van der Waals surface area contributed by atoms with Gasteiger partial charge in [-0.2, -0.15) is 0 Å². The fourth-order valence-electron chi connectivity index (χ4n) is 1.88. The van der Waals surface area contributed by atoms with Crippen LogP contribution in [0.1, 0.15) is 12.5 Å². The number of hydrogen-bond donors (Lipinski definition) is 1. The van der Waals surface area contributed by atoms with E-state index < -0.39 is 10.0 Å². The summed E-state index contributed by atoms with van der Waals surface area (Å²) in [5, 5.41) is 0. The van der Waals surface area contributed by atoms with Crippen LogP contribution in [0.5, 0.6) is 0 Å². The first-order valence-electron chi connectivity index (χ1n) is 6.50. The zero-order valence-corrected chi connectivity index (χ0v) is 14.0. The first-order valence-corrected chi connectivity index (χ1v) is 9.37. The highest BCUT2D eigenvalue weighted by molar-refractivity contribution is 8.23. The van der Waals surface area contributed by atoms with Crippen LogP contribution in [0.3, 0.4) is 0 Å². The molecule has 1 saturated heterocycles. The lowest BCUT2D eigenvalue weighted by Gasteiger charge is -2.15. The van der Waals surface area contributed by atoms with Crippen molar-refractivity contribution in [1.29, 1.82) is 0 Å². The minimum Gasteiger partial charge on any atom is -0.296 e. The number of aryl methyl sites for hydroxylation is 1. The van der Waals surface area contributed by atoms with E-state index in [1.165, 1.54) is 16.7 Å². The van der Waals surface area contributed by atoms with E-state index in [9.17, 15) is 13.2 Å². The Morgan fingerprint density at radius 2 is 2.00 bits per heavy atom. The van der Waals surface area contributed by atoms with Gasteiger partial charge in [0, 0.05) is 13.1 Å². The molecular weight excluding hydrogens is 328 g/mol. The van der Waals surface area contributed by atoms with E-state index in [-0.39, 0.29) is 23.9 Å². The summed E-state index contributed by atoms with van der Waals surface area (Å²) in [6, 6.07) is 6.76. The van der Waals surface area contributed by atoms with Gasteiger partial charge in [-0.25, -0.2) is 13.1 Å². The minimum absolute atomic E-state index is 0.0727. The smallest absolute Gasteiger partial charge is 0.240 e. The molecular formula is C13H16N2O3S3. The number of amides is 1. The molecule has 8 heteroatoms. The number of sulfonamides is 1. The molecule has 1 aliphatic rings. The molecule has 2 rings (SSSR count). The monoisotopic (exact) mass is 344 g/mol. The standard InChI is InChI=1S/C13H16N2O3S3/c1-2-10-3-5-11(6-4-10)21(17,18)14-7-8-15-12(16)9-20-13(15)19/h3-6,14H,2,7-9H2,1H3. The Morgan fingerprint density at radius 3 is 2.52 bits per heavy atom. The Labute approximate surface area is 134 Å². The summed E-state index contributed by atoms with van der Waals surface area (Å²) in [4.78, 5) is 13.2. The van der Waals surface area contributed by atoms with Crippen LogP contribution in [0.4, 0.5) is 0 Å². The Hall–Kier alpha value is -0.960. The van der Waals surface area contributed by atoms with E-state index in [0.29, 0.717) is 10.1 Å². The van der Waals surface area contributed by atoms with Crippen LogP contribution in [0.15, 0.2) is 29.2 Å². The van der Waals surface area contributed by atoms with Crippen LogP contribution < -0.4 is 4.72 Å². The molecule has 114 valence electrons. The number of hydrogen-bond acceptors (Lipinski definition) is 5. The Morgan fingerprint density at radius 1 is 1.33 bits per heavy atom. The van der Waals surface area contributed by atoms with Crippen LogP contribution in [0.2, 0.25) is 0 Å². The molecule has 0 aliphatic carbocycles. The molecule has 0 spiro atoms. The number of thioether (sulfide) groups is 1. The summed E-state index contributed by atoms with van der Waals surface area (Å²) in [5.41, 5.74) is 1.08. The number of carbonyl (C=O) groups is 1. The van der Waals surface area contributed by atoms with Crippen molar-refractivity contribution in [2.24, 2.45) is 0 Å². The quantitative estimate of drug-likeness (QED) is 0.790. The van der Waals surface area contributed by atoms with E-state index in [1.54, 1.807) is 24.3 Å². The lowest BCUT2D eigenvalue weighted by atomic mass is 10.2. The van der Waals surface area contributed by atoms with Gasteiger partial charge in [0.05, 0.1) is 10.6 Å². The minimum atomic E-state index is -3.55. The second-order valence-electron chi connectivity index (χ2n) is 4.50. The van der Waals surface area contributed by atoms with Gasteiger partial charge in [-0.05, 0) is 24.1 Å². The molecule has 0 radical (unpaired) electrons. The van der Waals surface area contributed by atoms with E-state index in [1.807, 2.05) is 6.92 Å². The topological polar surface area (TPSA) is 66.5 Å². The van der Waals surface area contributed by atoms with Gasteiger partial charge in [0.25, 0.3) is 0 Å². The summed E-state index contributed by atoms with van der Waals surface area (Å²) in [5.74, 6) is 0.265. The lowest BCUT2D eigenvalue weighted by Crippen LogP contribution is -2.37. The van der Waals surface area contributed by atoms with Crippen molar-refractivity contribution in [2.45, 2.75) is 18.2 Å². The van der Waals surface area contributed by atoms with Crippen molar-refractivity contribution >= 4 is 44.2 Å². The number of thiocarbonyl (C=S) groups is 1. The molecule has 1 aliphatic heterocycles. The highest BCUT2D eigenvalue weighted by atomic mass is 32.2. The van der Waals surface area contributed by atoms with Gasteiger partial charge in [0.1, 0.15) is 4.32 Å². The lowest BCUT2D eigenvalue weighted by molar-refractivity contribution is -0.123. The molecule has 5 nitrogen and oxygen atoms in total. The predicted molar refractivity (Wildman–Crippen MR) is 87.8 cm³/mol. The molecule has 1 heterocycles. The summed E-state index contributed by atoms with van der Waals surface area (Å²) in [6.45, 7) is 2.41. The highest BCUT2D eigenvalue weighted by Gasteiger charge is 2.26. The van der Waals surface area contributed by atoms with Gasteiger partial charge in [-0.1, -0.05) is 43.0 Å². The van der Waals surface area contributed by atoms with Crippen LogP contribution in [-0.2, 0) is 21.2 Å². The number of nitrogens with zero attached hydrogens (tertiary/aromatic N) is 1. The van der Waals surface area contributed by atoms with Crippen molar-refractivity contribution < 1.29 is 13.2 Å². The first-order chi connectivity index (χ1) is 9.94. The first kappa shape index (κ1) is 16.4. The maximum Gasteiger partial charge on any atom is 0.240 e. The zero-order valence-electron chi connectivity index (χ0n) is 11.5. The normalized spacial score (nSPS) is 15.8. The van der Waals surface area contributed by atoms with E-state index in [0.717, 1.165) is 12.0 Å². The summed E-state index contributed by atoms with van der Waals surface area (Å²) >= 11 is 6.34. The third-order valence-corrected chi connectivity index (χ3v) is 6.02. The third kappa shape index (κ3) is 4.03. The van der Waals surface area contributed by atoms with Gasteiger partial charge in [0.2, 0.25) is 15.9 Å². The molecule has 0 saturated carbocycles. The fraction of sp³-hybridized carbons (Fsp3) is 0.385. The van der Waals surface area contributed by atoms with E-state index >= 15 is 0 Å². The van der Waals surface area contributed by atoms with Gasteiger partial charge in [0.15, 0.2) is 0 Å². The largest absolute Gasteiger partial charge is 0.296 e.